The number of hydrogen-bond donors (Lipinski definition) is 0. The van der Waals surface area contributed by atoms with Crippen LogP contribution in [-0.4, -0.2) is 22.0 Å². The van der Waals surface area contributed by atoms with E-state index in [1.54, 1.807) is 12.4 Å². The van der Waals surface area contributed by atoms with E-state index in [1.807, 2.05) is 50.4 Å². The van der Waals surface area contributed by atoms with Gasteiger partial charge in [0.1, 0.15) is 11.6 Å². The molecule has 94 valence electrons. The molecule has 0 aliphatic carbocycles. The van der Waals surface area contributed by atoms with Crippen molar-refractivity contribution in [3.05, 3.63) is 54.6 Å². The van der Waals surface area contributed by atoms with Crippen LogP contribution in [0.1, 0.15) is 5.82 Å². The highest BCUT2D eigenvalue weighted by Crippen LogP contribution is 2.27. The molecule has 2 heterocycles. The molecule has 19 heavy (non-hydrogen) atoms. The smallest absolute Gasteiger partial charge is 0.144 e. The van der Waals surface area contributed by atoms with Crippen molar-refractivity contribution in [2.75, 3.05) is 11.9 Å². The van der Waals surface area contributed by atoms with Gasteiger partial charge in [0.05, 0.1) is 5.52 Å². The van der Waals surface area contributed by atoms with Crippen molar-refractivity contribution < 1.29 is 0 Å². The number of anilines is 2. The van der Waals surface area contributed by atoms with Gasteiger partial charge in [-0.05, 0) is 31.2 Å². The van der Waals surface area contributed by atoms with Crippen molar-refractivity contribution in [2.24, 2.45) is 0 Å². The zero-order valence-electron chi connectivity index (χ0n) is 10.9. The van der Waals surface area contributed by atoms with Gasteiger partial charge in [-0.2, -0.15) is 0 Å². The summed E-state index contributed by atoms with van der Waals surface area (Å²) < 4.78 is 0. The Morgan fingerprint density at radius 1 is 0.947 bits per heavy atom. The molecule has 4 heteroatoms. The largest absolute Gasteiger partial charge is 0.329 e. The summed E-state index contributed by atoms with van der Waals surface area (Å²) >= 11 is 0. The molecular formula is C15H14N4. The maximum absolute atomic E-state index is 4.57. The van der Waals surface area contributed by atoms with Crippen LogP contribution in [-0.2, 0) is 0 Å². The van der Waals surface area contributed by atoms with Crippen molar-refractivity contribution in [1.82, 2.24) is 15.0 Å². The van der Waals surface area contributed by atoms with Gasteiger partial charge in [-0.1, -0.05) is 12.1 Å². The summed E-state index contributed by atoms with van der Waals surface area (Å²) in [6.45, 7) is 1.91. The number of nitrogens with zero attached hydrogens (tertiary/aromatic N) is 4. The molecule has 0 atom stereocenters. The van der Waals surface area contributed by atoms with Gasteiger partial charge in [0.25, 0.3) is 0 Å². The molecule has 3 aromatic rings. The molecule has 0 fully saturated rings. The summed E-state index contributed by atoms with van der Waals surface area (Å²) in [4.78, 5) is 15.1. The Bertz CT molecular complexity index is 710. The highest BCUT2D eigenvalue weighted by molar-refractivity contribution is 5.91. The van der Waals surface area contributed by atoms with Crippen molar-refractivity contribution in [1.29, 1.82) is 0 Å². The van der Waals surface area contributed by atoms with Crippen LogP contribution in [0.2, 0.25) is 0 Å². The normalized spacial score (nSPS) is 10.6. The first-order valence-corrected chi connectivity index (χ1v) is 6.13. The molecule has 0 spiro atoms. The zero-order valence-corrected chi connectivity index (χ0v) is 10.9. The minimum absolute atomic E-state index is 0.773. The maximum Gasteiger partial charge on any atom is 0.144 e. The van der Waals surface area contributed by atoms with Gasteiger partial charge in [-0.25, -0.2) is 9.97 Å². The predicted octanol–water partition coefficient (Wildman–Crippen LogP) is 3.10. The van der Waals surface area contributed by atoms with Crippen LogP contribution in [0.3, 0.4) is 0 Å². The average molecular weight is 250 g/mol. The van der Waals surface area contributed by atoms with Gasteiger partial charge >= 0.3 is 0 Å². The van der Waals surface area contributed by atoms with Crippen molar-refractivity contribution >= 4 is 22.4 Å². The number of pyridine rings is 1. The van der Waals surface area contributed by atoms with Crippen LogP contribution < -0.4 is 4.90 Å². The van der Waals surface area contributed by atoms with Gasteiger partial charge in [0.2, 0.25) is 0 Å². The summed E-state index contributed by atoms with van der Waals surface area (Å²) in [6.07, 6.45) is 3.56. The Morgan fingerprint density at radius 3 is 2.47 bits per heavy atom. The maximum atomic E-state index is 4.57. The Kier molecular flexibility index (Phi) is 2.83. The molecule has 0 unspecified atom stereocenters. The Morgan fingerprint density at radius 2 is 1.68 bits per heavy atom. The van der Waals surface area contributed by atoms with E-state index in [-0.39, 0.29) is 0 Å². The molecule has 0 aliphatic heterocycles. The molecule has 0 amide bonds. The molecular weight excluding hydrogens is 236 g/mol. The Labute approximate surface area is 111 Å². The second-order valence-electron chi connectivity index (χ2n) is 4.38. The second kappa shape index (κ2) is 4.65. The van der Waals surface area contributed by atoms with E-state index in [4.69, 9.17) is 0 Å². The van der Waals surface area contributed by atoms with Gasteiger partial charge in [0.15, 0.2) is 0 Å². The lowest BCUT2D eigenvalue weighted by Crippen LogP contribution is -2.12. The molecule has 4 nitrogen and oxygen atoms in total. The lowest BCUT2D eigenvalue weighted by Gasteiger charge is -2.20. The zero-order chi connectivity index (χ0) is 13.2. The minimum atomic E-state index is 0.773. The van der Waals surface area contributed by atoms with E-state index >= 15 is 0 Å². The van der Waals surface area contributed by atoms with Crippen molar-refractivity contribution in [2.45, 2.75) is 6.92 Å². The van der Waals surface area contributed by atoms with E-state index in [0.29, 0.717) is 0 Å². The number of fused-ring (bicyclic) bond motifs is 1. The number of aromatic nitrogens is 3. The van der Waals surface area contributed by atoms with Crippen LogP contribution in [0.5, 0.6) is 0 Å². The van der Waals surface area contributed by atoms with Gasteiger partial charge in [-0.15, -0.1) is 0 Å². The summed E-state index contributed by atoms with van der Waals surface area (Å²) in [5.41, 5.74) is 2.02. The second-order valence-corrected chi connectivity index (χ2v) is 4.38. The molecule has 0 radical (unpaired) electrons. The molecule has 0 aliphatic rings. The van der Waals surface area contributed by atoms with E-state index < -0.39 is 0 Å². The number of aryl methyl sites for hydroxylation is 1. The third-order valence-electron chi connectivity index (χ3n) is 3.06. The fraction of sp³-hybridized carbons (Fsp3) is 0.133. The fourth-order valence-corrected chi connectivity index (χ4v) is 2.12. The number of hydrogen-bond acceptors (Lipinski definition) is 4. The lowest BCUT2D eigenvalue weighted by atomic mass is 10.2. The number of benzene rings is 1. The summed E-state index contributed by atoms with van der Waals surface area (Å²) in [5.74, 6) is 1.68. The van der Waals surface area contributed by atoms with Gasteiger partial charge in [0, 0.05) is 30.5 Å². The molecule has 0 N–H and O–H groups in total. The quantitative estimate of drug-likeness (QED) is 0.701. The summed E-state index contributed by atoms with van der Waals surface area (Å²) in [5, 5.41) is 1.05. The topological polar surface area (TPSA) is 41.9 Å². The number of rotatable bonds is 2. The summed E-state index contributed by atoms with van der Waals surface area (Å²) in [7, 11) is 2.00. The van der Waals surface area contributed by atoms with E-state index in [1.165, 1.54) is 0 Å². The summed E-state index contributed by atoms with van der Waals surface area (Å²) in [6, 6.07) is 12.0. The Hall–Kier alpha value is -2.49. The lowest BCUT2D eigenvalue weighted by molar-refractivity contribution is 1.04. The fourth-order valence-electron chi connectivity index (χ4n) is 2.12. The van der Waals surface area contributed by atoms with E-state index in [0.717, 1.165) is 28.2 Å². The average Bonchev–Trinajstić information content (AvgIpc) is 2.46. The molecule has 0 saturated carbocycles. The minimum Gasteiger partial charge on any atom is -0.329 e. The monoisotopic (exact) mass is 250 g/mol. The third kappa shape index (κ3) is 2.12. The SMILES string of the molecule is Cc1nc(N(C)c2ccncc2)c2ccccc2n1. The molecule has 0 saturated heterocycles. The van der Waals surface area contributed by atoms with Gasteiger partial charge < -0.3 is 4.90 Å². The third-order valence-corrected chi connectivity index (χ3v) is 3.06. The first-order valence-electron chi connectivity index (χ1n) is 6.13. The molecule has 1 aromatic carbocycles. The van der Waals surface area contributed by atoms with E-state index in [9.17, 15) is 0 Å². The Balaban J connectivity index is 2.19. The predicted molar refractivity (Wildman–Crippen MR) is 76.6 cm³/mol. The van der Waals surface area contributed by atoms with Gasteiger partial charge in [-0.3, -0.25) is 4.98 Å². The van der Waals surface area contributed by atoms with Crippen molar-refractivity contribution in [3.8, 4) is 0 Å². The highest BCUT2D eigenvalue weighted by Gasteiger charge is 2.11. The standard InChI is InChI=1S/C15H14N4/c1-11-17-14-6-4-3-5-13(14)15(18-11)19(2)12-7-9-16-10-8-12/h3-10H,1-2H3. The molecule has 0 bridgehead atoms. The van der Waals surface area contributed by atoms with E-state index in [2.05, 4.69) is 19.9 Å². The van der Waals surface area contributed by atoms with Crippen LogP contribution in [0.4, 0.5) is 11.5 Å². The molecule has 2 aromatic heterocycles. The van der Waals surface area contributed by atoms with Crippen LogP contribution in [0.25, 0.3) is 10.9 Å². The van der Waals surface area contributed by atoms with Crippen LogP contribution in [0.15, 0.2) is 48.8 Å². The first kappa shape index (κ1) is 11.6. The highest BCUT2D eigenvalue weighted by atomic mass is 15.2. The molecule has 3 rings (SSSR count). The van der Waals surface area contributed by atoms with Crippen LogP contribution >= 0.6 is 0 Å². The van der Waals surface area contributed by atoms with Crippen LogP contribution in [0, 0.1) is 6.92 Å². The first-order chi connectivity index (χ1) is 9.25. The van der Waals surface area contributed by atoms with Crippen molar-refractivity contribution in [3.63, 3.8) is 0 Å². The number of para-hydroxylation sites is 1.